The molecule has 2 N–H and O–H groups in total. The van der Waals surface area contributed by atoms with Gasteiger partial charge in [0, 0.05) is 0 Å². The van der Waals surface area contributed by atoms with E-state index in [4.69, 9.17) is 15.0 Å². The molecular weight excluding hydrogens is 184 g/mol. The molecule has 0 unspecified atom stereocenters. The quantitative estimate of drug-likeness (QED) is 0.518. The summed E-state index contributed by atoms with van der Waals surface area (Å²) in [5, 5.41) is 13.9. The normalized spacial score (nSPS) is 10.1. The van der Waals surface area contributed by atoms with Crippen LogP contribution < -0.4 is 0 Å². The molecule has 0 heterocycles. The van der Waals surface area contributed by atoms with E-state index in [1.165, 1.54) is 0 Å². The highest BCUT2D eigenvalue weighted by atomic mass is 19.3. The highest BCUT2D eigenvalue weighted by Crippen LogP contribution is 2.22. The average Bonchev–Trinajstić information content (AvgIpc) is 1.86. The molecule has 0 aliphatic carbocycles. The van der Waals surface area contributed by atoms with Crippen LogP contribution in [0.1, 0.15) is 0 Å². The molecule has 0 radical (unpaired) electrons. The minimum atomic E-state index is -4.03. The van der Waals surface area contributed by atoms with Crippen LogP contribution in [0.15, 0.2) is 12.7 Å². The Bertz CT molecular complexity index is 153. The van der Waals surface area contributed by atoms with Gasteiger partial charge < -0.3 is 10.2 Å². The second-order valence-corrected chi connectivity index (χ2v) is 1.46. The Morgan fingerprint density at radius 1 is 1.42 bits per heavy atom. The van der Waals surface area contributed by atoms with Crippen LogP contribution in [0.25, 0.3) is 0 Å². The summed E-state index contributed by atoms with van der Waals surface area (Å²) in [6, 6.07) is 0. The molecule has 0 aromatic carbocycles. The van der Waals surface area contributed by atoms with Gasteiger partial charge in [-0.2, -0.15) is 8.78 Å². The first-order valence-electron chi connectivity index (χ1n) is 2.45. The Morgan fingerprint density at radius 2 is 1.67 bits per heavy atom. The third kappa shape index (κ3) is 8.73. The van der Waals surface area contributed by atoms with Gasteiger partial charge in [0.1, 0.15) is 0 Å². The monoisotopic (exact) mass is 190 g/mol. The van der Waals surface area contributed by atoms with Crippen molar-refractivity contribution >= 4 is 6.16 Å². The van der Waals surface area contributed by atoms with Crippen LogP contribution in [0.2, 0.25) is 0 Å². The zero-order chi connectivity index (χ0) is 10.4. The van der Waals surface area contributed by atoms with Gasteiger partial charge in [0.2, 0.25) is 0 Å². The molecule has 0 aliphatic heterocycles. The lowest BCUT2D eigenvalue weighted by Crippen LogP contribution is -2.22. The lowest BCUT2D eigenvalue weighted by molar-refractivity contribution is -0.0903. The SMILES string of the molecule is C=CC(F)(F)C(F)F.O=C(O)O. The van der Waals surface area contributed by atoms with E-state index < -0.39 is 18.5 Å². The lowest BCUT2D eigenvalue weighted by Gasteiger charge is -2.07. The Morgan fingerprint density at radius 3 is 1.67 bits per heavy atom. The molecule has 0 aromatic heterocycles. The fraction of sp³-hybridized carbons (Fsp3) is 0.400. The van der Waals surface area contributed by atoms with E-state index in [-0.39, 0.29) is 6.08 Å². The molecule has 0 fully saturated rings. The molecule has 3 nitrogen and oxygen atoms in total. The van der Waals surface area contributed by atoms with Crippen molar-refractivity contribution in [1.82, 2.24) is 0 Å². The van der Waals surface area contributed by atoms with Crippen LogP contribution >= 0.6 is 0 Å². The van der Waals surface area contributed by atoms with Gasteiger partial charge in [-0.3, -0.25) is 0 Å². The van der Waals surface area contributed by atoms with Gasteiger partial charge in [0.15, 0.2) is 0 Å². The van der Waals surface area contributed by atoms with Gasteiger partial charge in [-0.1, -0.05) is 6.58 Å². The summed E-state index contributed by atoms with van der Waals surface area (Å²) in [6.07, 6.45) is -5.54. The van der Waals surface area contributed by atoms with E-state index >= 15 is 0 Å². The highest BCUT2D eigenvalue weighted by Gasteiger charge is 2.36. The van der Waals surface area contributed by atoms with Crippen molar-refractivity contribution < 1.29 is 32.6 Å². The second-order valence-electron chi connectivity index (χ2n) is 1.46. The molecule has 72 valence electrons. The van der Waals surface area contributed by atoms with Crippen LogP contribution in [-0.4, -0.2) is 28.7 Å². The lowest BCUT2D eigenvalue weighted by atomic mass is 10.3. The zero-order valence-electron chi connectivity index (χ0n) is 5.68. The molecule has 0 atom stereocenters. The topological polar surface area (TPSA) is 57.5 Å². The molecular formula is C5H6F4O3. The van der Waals surface area contributed by atoms with Crippen molar-refractivity contribution in [2.75, 3.05) is 0 Å². The molecule has 0 spiro atoms. The third-order valence-corrected chi connectivity index (χ3v) is 0.563. The van der Waals surface area contributed by atoms with Crippen molar-refractivity contribution in [1.29, 1.82) is 0 Å². The maximum atomic E-state index is 11.4. The maximum Gasteiger partial charge on any atom is 0.503 e. The molecule has 12 heavy (non-hydrogen) atoms. The standard InChI is InChI=1S/C4H4F4.CH2O3/c1-2-4(7,8)3(5)6;2-1(3)4/h2-3H,1H2;(H2,2,3,4). The van der Waals surface area contributed by atoms with Gasteiger partial charge >= 0.3 is 18.5 Å². The van der Waals surface area contributed by atoms with Crippen molar-refractivity contribution in [3.05, 3.63) is 12.7 Å². The molecule has 0 aromatic rings. The average molecular weight is 190 g/mol. The van der Waals surface area contributed by atoms with Crippen LogP contribution in [0.3, 0.4) is 0 Å². The van der Waals surface area contributed by atoms with Crippen molar-refractivity contribution in [2.24, 2.45) is 0 Å². The molecule has 0 saturated carbocycles. The molecule has 0 aliphatic rings. The first kappa shape index (κ1) is 13.3. The predicted octanol–water partition coefficient (Wildman–Crippen LogP) is 2.30. The van der Waals surface area contributed by atoms with Crippen molar-refractivity contribution in [3.63, 3.8) is 0 Å². The Labute approximate surface area is 64.9 Å². The number of hydrogen-bond donors (Lipinski definition) is 2. The molecule has 0 amide bonds. The summed E-state index contributed by atoms with van der Waals surface area (Å²) in [5.74, 6) is -4.03. The van der Waals surface area contributed by atoms with E-state index in [0.717, 1.165) is 0 Å². The highest BCUT2D eigenvalue weighted by molar-refractivity contribution is 5.53. The van der Waals surface area contributed by atoms with E-state index in [2.05, 4.69) is 6.58 Å². The van der Waals surface area contributed by atoms with Gasteiger partial charge in [-0.15, -0.1) is 0 Å². The van der Waals surface area contributed by atoms with E-state index in [1.54, 1.807) is 0 Å². The number of carboxylic acid groups (broad SMARTS) is 2. The molecule has 0 saturated heterocycles. The van der Waals surface area contributed by atoms with E-state index in [0.29, 0.717) is 0 Å². The molecule has 0 rings (SSSR count). The summed E-state index contributed by atoms with van der Waals surface area (Å²) in [5.41, 5.74) is 0. The fourth-order valence-electron chi connectivity index (χ4n) is 0.0891. The Balaban J connectivity index is 0. The summed E-state index contributed by atoms with van der Waals surface area (Å²) in [6.45, 7) is 2.52. The van der Waals surface area contributed by atoms with Crippen molar-refractivity contribution in [3.8, 4) is 0 Å². The van der Waals surface area contributed by atoms with E-state index in [1.807, 2.05) is 0 Å². The second kappa shape index (κ2) is 5.39. The smallest absolute Gasteiger partial charge is 0.450 e. The third-order valence-electron chi connectivity index (χ3n) is 0.563. The summed E-state index contributed by atoms with van der Waals surface area (Å²) >= 11 is 0. The summed E-state index contributed by atoms with van der Waals surface area (Å²) < 4.78 is 44.8. The van der Waals surface area contributed by atoms with Gasteiger partial charge in [-0.25, -0.2) is 13.6 Å². The zero-order valence-corrected chi connectivity index (χ0v) is 5.68. The minimum Gasteiger partial charge on any atom is -0.450 e. The number of hydrogen-bond acceptors (Lipinski definition) is 1. The van der Waals surface area contributed by atoms with Crippen LogP contribution in [-0.2, 0) is 0 Å². The van der Waals surface area contributed by atoms with Crippen LogP contribution in [0.4, 0.5) is 22.4 Å². The van der Waals surface area contributed by atoms with Crippen molar-refractivity contribution in [2.45, 2.75) is 12.3 Å². The number of carbonyl (C=O) groups is 1. The van der Waals surface area contributed by atoms with Gasteiger partial charge in [0.25, 0.3) is 0 Å². The largest absolute Gasteiger partial charge is 0.503 e. The van der Waals surface area contributed by atoms with Gasteiger partial charge in [-0.05, 0) is 6.08 Å². The van der Waals surface area contributed by atoms with Gasteiger partial charge in [0.05, 0.1) is 0 Å². The maximum absolute atomic E-state index is 11.4. The summed E-state index contributed by atoms with van der Waals surface area (Å²) in [7, 11) is 0. The summed E-state index contributed by atoms with van der Waals surface area (Å²) in [4.78, 5) is 8.56. The molecule has 7 heteroatoms. The van der Waals surface area contributed by atoms with Crippen LogP contribution in [0, 0.1) is 0 Å². The molecule has 0 bridgehead atoms. The number of rotatable bonds is 2. The number of allylic oxidation sites excluding steroid dienone is 1. The van der Waals surface area contributed by atoms with Crippen LogP contribution in [0.5, 0.6) is 0 Å². The Hall–Kier alpha value is -1.27. The number of halogens is 4. The first-order valence-corrected chi connectivity index (χ1v) is 2.45. The minimum absolute atomic E-state index is 0.0718. The Kier molecular flexibility index (Phi) is 5.99. The fourth-order valence-corrected chi connectivity index (χ4v) is 0.0891. The van der Waals surface area contributed by atoms with E-state index in [9.17, 15) is 17.6 Å². The predicted molar refractivity (Wildman–Crippen MR) is 31.8 cm³/mol. The number of alkyl halides is 4. The first-order chi connectivity index (χ1) is 5.24.